The predicted octanol–water partition coefficient (Wildman–Crippen LogP) is 4.84. The van der Waals surface area contributed by atoms with Crippen molar-refractivity contribution in [3.8, 4) is 11.5 Å². The molecule has 0 radical (unpaired) electrons. The van der Waals surface area contributed by atoms with Crippen molar-refractivity contribution < 1.29 is 28.9 Å². The Hall–Kier alpha value is -3.03. The monoisotopic (exact) mass is 487 g/mol. The molecular weight excluding hydrogens is 458 g/mol. The molecular formula is C26H30ClNO6. The number of halogens is 1. The van der Waals surface area contributed by atoms with Crippen LogP contribution >= 0.6 is 11.6 Å². The van der Waals surface area contributed by atoms with Crippen LogP contribution < -0.4 is 9.47 Å². The number of amides is 1. The number of ketones is 1. The summed E-state index contributed by atoms with van der Waals surface area (Å²) in [5, 5.41) is 11.6. The van der Waals surface area contributed by atoms with Gasteiger partial charge in [-0.05, 0) is 54.3 Å². The molecule has 1 heterocycles. The van der Waals surface area contributed by atoms with Gasteiger partial charge in [-0.1, -0.05) is 31.5 Å². The number of carbonyl (C=O) groups excluding carboxylic acids is 2. The molecule has 34 heavy (non-hydrogen) atoms. The first-order valence-electron chi connectivity index (χ1n) is 11.1. The van der Waals surface area contributed by atoms with Gasteiger partial charge in [0.15, 0.2) is 11.5 Å². The lowest BCUT2D eigenvalue weighted by Gasteiger charge is -2.25. The molecule has 0 bridgehead atoms. The fourth-order valence-electron chi connectivity index (χ4n) is 3.79. The quantitative estimate of drug-likeness (QED) is 0.293. The molecule has 1 unspecified atom stereocenters. The fourth-order valence-corrected chi connectivity index (χ4v) is 3.91. The summed E-state index contributed by atoms with van der Waals surface area (Å²) in [5.41, 5.74) is 0.998. The van der Waals surface area contributed by atoms with E-state index >= 15 is 0 Å². The van der Waals surface area contributed by atoms with Crippen LogP contribution in [0.1, 0.15) is 37.4 Å². The first kappa shape index (κ1) is 25.6. The second kappa shape index (κ2) is 11.4. The maximum absolute atomic E-state index is 13.0. The van der Waals surface area contributed by atoms with E-state index in [0.29, 0.717) is 40.2 Å². The van der Waals surface area contributed by atoms with E-state index in [1.54, 1.807) is 42.5 Å². The van der Waals surface area contributed by atoms with Gasteiger partial charge in [0, 0.05) is 24.2 Å². The van der Waals surface area contributed by atoms with E-state index in [4.69, 9.17) is 25.8 Å². The number of carbonyl (C=O) groups is 2. The summed E-state index contributed by atoms with van der Waals surface area (Å²) in [6.07, 6.45) is 0.892. The van der Waals surface area contributed by atoms with Crippen molar-refractivity contribution in [1.82, 2.24) is 4.90 Å². The van der Waals surface area contributed by atoms with Crippen LogP contribution in [0.15, 0.2) is 48.0 Å². The summed E-state index contributed by atoms with van der Waals surface area (Å²) in [6, 6.07) is 10.9. The number of ether oxygens (including phenoxy) is 3. The SMILES string of the molecule is COCCN1C(=O)C(=O)C(=C(O)c2ccc(Cl)cc2)C1c1ccc(OCCC(C)C)c(OC)c1. The van der Waals surface area contributed by atoms with E-state index < -0.39 is 17.7 Å². The number of rotatable bonds is 10. The zero-order valence-corrected chi connectivity index (χ0v) is 20.6. The highest BCUT2D eigenvalue weighted by Gasteiger charge is 2.46. The van der Waals surface area contributed by atoms with Crippen molar-refractivity contribution in [3.63, 3.8) is 0 Å². The van der Waals surface area contributed by atoms with E-state index in [0.717, 1.165) is 6.42 Å². The van der Waals surface area contributed by atoms with Gasteiger partial charge in [0.2, 0.25) is 0 Å². The molecule has 0 aromatic heterocycles. The van der Waals surface area contributed by atoms with Crippen molar-refractivity contribution in [1.29, 1.82) is 0 Å². The van der Waals surface area contributed by atoms with Gasteiger partial charge < -0.3 is 24.2 Å². The highest BCUT2D eigenvalue weighted by atomic mass is 35.5. The van der Waals surface area contributed by atoms with Crippen molar-refractivity contribution in [2.24, 2.45) is 5.92 Å². The number of hydrogen-bond donors (Lipinski definition) is 1. The molecule has 182 valence electrons. The van der Waals surface area contributed by atoms with Crippen LogP contribution in [-0.4, -0.2) is 55.7 Å². The summed E-state index contributed by atoms with van der Waals surface area (Å²) in [7, 11) is 3.05. The Bertz CT molecular complexity index is 1060. The average molecular weight is 488 g/mol. The number of nitrogens with zero attached hydrogens (tertiary/aromatic N) is 1. The summed E-state index contributed by atoms with van der Waals surface area (Å²) in [5.74, 6) is -0.183. The van der Waals surface area contributed by atoms with E-state index in [-0.39, 0.29) is 24.5 Å². The molecule has 1 N–H and O–H groups in total. The first-order chi connectivity index (χ1) is 16.3. The molecule has 1 atom stereocenters. The minimum atomic E-state index is -0.815. The molecule has 1 saturated heterocycles. The molecule has 2 aromatic carbocycles. The van der Waals surface area contributed by atoms with Gasteiger partial charge in [0.05, 0.1) is 31.9 Å². The summed E-state index contributed by atoms with van der Waals surface area (Å²) in [4.78, 5) is 27.4. The standard InChI is InChI=1S/C26H30ClNO6/c1-16(2)11-13-34-20-10-7-18(15-21(20)33-4)23-22(24(29)17-5-8-19(27)9-6-17)25(30)26(31)28(23)12-14-32-3/h5-10,15-16,23,29H,11-14H2,1-4H3. The Kier molecular flexibility index (Phi) is 8.58. The van der Waals surface area contributed by atoms with Crippen LogP contribution in [0.25, 0.3) is 5.76 Å². The largest absolute Gasteiger partial charge is 0.507 e. The molecule has 8 heteroatoms. The summed E-state index contributed by atoms with van der Waals surface area (Å²) in [6.45, 7) is 5.19. The first-order valence-corrected chi connectivity index (χ1v) is 11.5. The van der Waals surface area contributed by atoms with Gasteiger partial charge in [-0.3, -0.25) is 9.59 Å². The number of aliphatic hydroxyl groups excluding tert-OH is 1. The third-order valence-corrected chi connectivity index (χ3v) is 5.90. The number of Topliss-reactive ketones (excluding diaryl/α,β-unsaturated/α-hetero) is 1. The van der Waals surface area contributed by atoms with Crippen molar-refractivity contribution in [3.05, 3.63) is 64.2 Å². The van der Waals surface area contributed by atoms with Crippen molar-refractivity contribution in [2.75, 3.05) is 34.0 Å². The molecule has 2 aromatic rings. The molecule has 0 saturated carbocycles. The van der Waals surface area contributed by atoms with Crippen LogP contribution in [0.5, 0.6) is 11.5 Å². The van der Waals surface area contributed by atoms with Crippen LogP contribution in [-0.2, 0) is 14.3 Å². The molecule has 3 rings (SSSR count). The smallest absolute Gasteiger partial charge is 0.295 e. The van der Waals surface area contributed by atoms with Crippen LogP contribution in [0.4, 0.5) is 0 Å². The second-order valence-corrected chi connectivity index (χ2v) is 8.87. The molecule has 1 aliphatic heterocycles. The third-order valence-electron chi connectivity index (χ3n) is 5.65. The van der Waals surface area contributed by atoms with Crippen molar-refractivity contribution in [2.45, 2.75) is 26.3 Å². The average Bonchev–Trinajstić information content (AvgIpc) is 3.07. The number of benzene rings is 2. The molecule has 1 aliphatic rings. The summed E-state index contributed by atoms with van der Waals surface area (Å²) < 4.78 is 16.6. The van der Waals surface area contributed by atoms with Gasteiger partial charge in [-0.2, -0.15) is 0 Å². The molecule has 1 amide bonds. The van der Waals surface area contributed by atoms with Gasteiger partial charge in [-0.25, -0.2) is 0 Å². The minimum absolute atomic E-state index is 0.000968. The van der Waals surface area contributed by atoms with E-state index in [2.05, 4.69) is 13.8 Å². The molecule has 0 spiro atoms. The fraction of sp³-hybridized carbons (Fsp3) is 0.385. The second-order valence-electron chi connectivity index (χ2n) is 8.43. The number of hydrogen-bond acceptors (Lipinski definition) is 6. The minimum Gasteiger partial charge on any atom is -0.507 e. The highest BCUT2D eigenvalue weighted by molar-refractivity contribution is 6.46. The molecule has 7 nitrogen and oxygen atoms in total. The Balaban J connectivity index is 2.07. The lowest BCUT2D eigenvalue weighted by atomic mass is 9.95. The van der Waals surface area contributed by atoms with E-state index in [1.165, 1.54) is 19.1 Å². The molecule has 0 aliphatic carbocycles. The zero-order valence-electron chi connectivity index (χ0n) is 19.8. The lowest BCUT2D eigenvalue weighted by molar-refractivity contribution is -0.140. The highest BCUT2D eigenvalue weighted by Crippen LogP contribution is 2.42. The van der Waals surface area contributed by atoms with Crippen LogP contribution in [0, 0.1) is 5.92 Å². The lowest BCUT2D eigenvalue weighted by Crippen LogP contribution is -2.32. The maximum Gasteiger partial charge on any atom is 0.295 e. The van der Waals surface area contributed by atoms with Crippen molar-refractivity contribution >= 4 is 29.1 Å². The van der Waals surface area contributed by atoms with Crippen LogP contribution in [0.2, 0.25) is 5.02 Å². The maximum atomic E-state index is 13.0. The Morgan fingerprint density at radius 2 is 1.76 bits per heavy atom. The third kappa shape index (κ3) is 5.54. The van der Waals surface area contributed by atoms with E-state index in [9.17, 15) is 14.7 Å². The van der Waals surface area contributed by atoms with Crippen LogP contribution in [0.3, 0.4) is 0 Å². The Morgan fingerprint density at radius 3 is 2.38 bits per heavy atom. The van der Waals surface area contributed by atoms with Gasteiger partial charge in [0.1, 0.15) is 5.76 Å². The number of likely N-dealkylation sites (tertiary alicyclic amines) is 1. The normalized spacial score (nSPS) is 17.5. The van der Waals surface area contributed by atoms with Gasteiger partial charge in [0.25, 0.3) is 11.7 Å². The Morgan fingerprint density at radius 1 is 1.06 bits per heavy atom. The zero-order chi connectivity index (χ0) is 24.8. The topological polar surface area (TPSA) is 85.3 Å². The van der Waals surface area contributed by atoms with Gasteiger partial charge in [-0.15, -0.1) is 0 Å². The van der Waals surface area contributed by atoms with Gasteiger partial charge >= 0.3 is 0 Å². The number of methoxy groups -OCH3 is 2. The van der Waals surface area contributed by atoms with E-state index in [1.807, 2.05) is 0 Å². The molecule has 1 fully saturated rings. The number of aliphatic hydroxyl groups is 1. The predicted molar refractivity (Wildman–Crippen MR) is 130 cm³/mol. The summed E-state index contributed by atoms with van der Waals surface area (Å²) >= 11 is 5.97. The Labute approximate surface area is 204 Å².